The van der Waals surface area contributed by atoms with E-state index in [0.29, 0.717) is 12.1 Å². The number of nitrogens with one attached hydrogen (secondary N) is 1. The highest BCUT2D eigenvalue weighted by Crippen LogP contribution is 2.24. The Morgan fingerprint density at radius 3 is 3.17 bits per heavy atom. The molecule has 2 atom stereocenters. The number of hydrogen-bond acceptors (Lipinski definition) is 5. The molecule has 3 rings (SSSR count). The summed E-state index contributed by atoms with van der Waals surface area (Å²) in [7, 11) is 0. The van der Waals surface area contributed by atoms with Crippen LogP contribution in [0.25, 0.3) is 0 Å². The van der Waals surface area contributed by atoms with Gasteiger partial charge in [0.15, 0.2) is 5.13 Å². The van der Waals surface area contributed by atoms with Crippen molar-refractivity contribution in [2.45, 2.75) is 38.8 Å². The molecule has 3 heterocycles. The molecule has 1 aromatic heterocycles. The van der Waals surface area contributed by atoms with Crippen LogP contribution in [0.15, 0.2) is 0 Å². The van der Waals surface area contributed by atoms with E-state index in [4.69, 9.17) is 4.74 Å². The summed E-state index contributed by atoms with van der Waals surface area (Å²) >= 11 is 1.73. The molecular weight excluding hydrogens is 246 g/mol. The molecule has 1 aromatic rings. The van der Waals surface area contributed by atoms with E-state index in [1.807, 2.05) is 0 Å². The van der Waals surface area contributed by atoms with Crippen LogP contribution in [-0.2, 0) is 4.74 Å². The average Bonchev–Trinajstić information content (AvgIpc) is 2.94. The van der Waals surface area contributed by atoms with E-state index in [0.717, 1.165) is 30.5 Å². The summed E-state index contributed by atoms with van der Waals surface area (Å²) in [5.41, 5.74) is 1.13. The third-order valence-electron chi connectivity index (χ3n) is 3.97. The summed E-state index contributed by atoms with van der Waals surface area (Å²) in [4.78, 5) is 8.37. The van der Waals surface area contributed by atoms with E-state index in [1.165, 1.54) is 24.3 Å². The maximum absolute atomic E-state index is 5.92. The standard InChI is InChI=1S/C13H21N3OS/c1-9-10(2)18-13(15-9)14-6-12-7-16-5-3-4-11(16)8-17-12/h11-12H,3-8H2,1-2H3,(H,14,15). The van der Waals surface area contributed by atoms with Crippen LogP contribution in [0.2, 0.25) is 0 Å². The Kier molecular flexibility index (Phi) is 3.54. The Bertz CT molecular complexity index is 401. The van der Waals surface area contributed by atoms with Crippen molar-refractivity contribution in [3.63, 3.8) is 0 Å². The van der Waals surface area contributed by atoms with Crippen LogP contribution in [0, 0.1) is 13.8 Å². The van der Waals surface area contributed by atoms with E-state index >= 15 is 0 Å². The largest absolute Gasteiger partial charge is 0.373 e. The van der Waals surface area contributed by atoms with E-state index in [2.05, 4.69) is 29.0 Å². The fourth-order valence-electron chi connectivity index (χ4n) is 2.76. The number of morpholine rings is 1. The summed E-state index contributed by atoms with van der Waals surface area (Å²) in [5.74, 6) is 0. The molecule has 1 N–H and O–H groups in total. The zero-order valence-electron chi connectivity index (χ0n) is 11.1. The maximum atomic E-state index is 5.92. The first-order chi connectivity index (χ1) is 8.72. The molecule has 0 aromatic carbocycles. The summed E-state index contributed by atoms with van der Waals surface area (Å²) < 4.78 is 5.92. The number of ether oxygens (including phenoxy) is 1. The molecule has 0 radical (unpaired) electrons. The molecular formula is C13H21N3OS. The fraction of sp³-hybridized carbons (Fsp3) is 0.769. The van der Waals surface area contributed by atoms with Crippen LogP contribution in [-0.4, -0.2) is 48.3 Å². The van der Waals surface area contributed by atoms with Crippen LogP contribution < -0.4 is 5.32 Å². The van der Waals surface area contributed by atoms with Crippen molar-refractivity contribution < 1.29 is 4.74 Å². The summed E-state index contributed by atoms with van der Waals surface area (Å²) in [5, 5.41) is 4.44. The molecule has 5 heteroatoms. The highest BCUT2D eigenvalue weighted by molar-refractivity contribution is 7.15. The molecule has 0 bridgehead atoms. The van der Waals surface area contributed by atoms with Crippen LogP contribution in [0.1, 0.15) is 23.4 Å². The van der Waals surface area contributed by atoms with Gasteiger partial charge in [-0.3, -0.25) is 4.90 Å². The van der Waals surface area contributed by atoms with E-state index < -0.39 is 0 Å². The number of thiazole rings is 1. The number of aromatic nitrogens is 1. The normalized spacial score (nSPS) is 28.3. The van der Waals surface area contributed by atoms with Gasteiger partial charge >= 0.3 is 0 Å². The lowest BCUT2D eigenvalue weighted by Crippen LogP contribution is -2.48. The summed E-state index contributed by atoms with van der Waals surface area (Å²) in [6.07, 6.45) is 2.95. The van der Waals surface area contributed by atoms with Crippen LogP contribution in [0.4, 0.5) is 5.13 Å². The van der Waals surface area contributed by atoms with Crippen molar-refractivity contribution in [2.75, 3.05) is 31.6 Å². The van der Waals surface area contributed by atoms with Crippen molar-refractivity contribution in [3.05, 3.63) is 10.6 Å². The average molecular weight is 267 g/mol. The lowest BCUT2D eigenvalue weighted by molar-refractivity contribution is -0.0415. The molecule has 2 unspecified atom stereocenters. The molecule has 0 spiro atoms. The molecule has 100 valence electrons. The van der Waals surface area contributed by atoms with Gasteiger partial charge in [0, 0.05) is 24.0 Å². The van der Waals surface area contributed by atoms with Gasteiger partial charge < -0.3 is 10.1 Å². The maximum Gasteiger partial charge on any atom is 0.183 e. The molecule has 0 aliphatic carbocycles. The highest BCUT2D eigenvalue weighted by atomic mass is 32.1. The number of aryl methyl sites for hydroxylation is 2. The second kappa shape index (κ2) is 5.15. The molecule has 2 aliphatic heterocycles. The number of fused-ring (bicyclic) bond motifs is 1. The lowest BCUT2D eigenvalue weighted by atomic mass is 10.2. The SMILES string of the molecule is Cc1nc(NCC2CN3CCCC3CO2)sc1C. The minimum Gasteiger partial charge on any atom is -0.373 e. The molecule has 2 aliphatic rings. The quantitative estimate of drug-likeness (QED) is 0.909. The monoisotopic (exact) mass is 267 g/mol. The Labute approximate surface area is 112 Å². The second-order valence-electron chi connectivity index (χ2n) is 5.29. The van der Waals surface area contributed by atoms with Crippen LogP contribution >= 0.6 is 11.3 Å². The van der Waals surface area contributed by atoms with Crippen molar-refractivity contribution in [1.29, 1.82) is 0 Å². The first kappa shape index (κ1) is 12.4. The predicted octanol–water partition coefficient (Wildman–Crippen LogP) is 2.04. The van der Waals surface area contributed by atoms with Crippen LogP contribution in [0.3, 0.4) is 0 Å². The van der Waals surface area contributed by atoms with Gasteiger partial charge in [-0.05, 0) is 33.2 Å². The third-order valence-corrected chi connectivity index (χ3v) is 5.00. The molecule has 0 saturated carbocycles. The van der Waals surface area contributed by atoms with Gasteiger partial charge in [0.05, 0.1) is 18.4 Å². The predicted molar refractivity (Wildman–Crippen MR) is 74.4 cm³/mol. The van der Waals surface area contributed by atoms with E-state index in [1.54, 1.807) is 11.3 Å². The summed E-state index contributed by atoms with van der Waals surface area (Å²) in [6, 6.07) is 0.686. The number of anilines is 1. The van der Waals surface area contributed by atoms with E-state index in [-0.39, 0.29) is 0 Å². The molecule has 18 heavy (non-hydrogen) atoms. The first-order valence-electron chi connectivity index (χ1n) is 6.76. The Hall–Kier alpha value is -0.650. The van der Waals surface area contributed by atoms with Gasteiger partial charge in [0.2, 0.25) is 0 Å². The zero-order chi connectivity index (χ0) is 12.5. The molecule has 4 nitrogen and oxygen atoms in total. The Morgan fingerprint density at radius 1 is 1.50 bits per heavy atom. The number of rotatable bonds is 3. The van der Waals surface area contributed by atoms with Crippen LogP contribution in [0.5, 0.6) is 0 Å². The van der Waals surface area contributed by atoms with Crippen molar-refractivity contribution in [1.82, 2.24) is 9.88 Å². The topological polar surface area (TPSA) is 37.4 Å². The molecule has 0 amide bonds. The van der Waals surface area contributed by atoms with E-state index in [9.17, 15) is 0 Å². The zero-order valence-corrected chi connectivity index (χ0v) is 11.9. The molecule has 2 saturated heterocycles. The van der Waals surface area contributed by atoms with Gasteiger partial charge in [-0.2, -0.15) is 0 Å². The van der Waals surface area contributed by atoms with Gasteiger partial charge in [0.25, 0.3) is 0 Å². The van der Waals surface area contributed by atoms with Gasteiger partial charge in [-0.25, -0.2) is 4.98 Å². The first-order valence-corrected chi connectivity index (χ1v) is 7.57. The summed E-state index contributed by atoms with van der Waals surface area (Å²) in [6.45, 7) is 8.27. The second-order valence-corrected chi connectivity index (χ2v) is 6.49. The third kappa shape index (κ3) is 2.53. The molecule has 2 fully saturated rings. The minimum atomic E-state index is 0.309. The minimum absolute atomic E-state index is 0.309. The van der Waals surface area contributed by atoms with Gasteiger partial charge in [-0.1, -0.05) is 0 Å². The number of hydrogen-bond donors (Lipinski definition) is 1. The van der Waals surface area contributed by atoms with Crippen molar-refractivity contribution in [2.24, 2.45) is 0 Å². The number of nitrogens with zero attached hydrogens (tertiary/aromatic N) is 2. The smallest absolute Gasteiger partial charge is 0.183 e. The van der Waals surface area contributed by atoms with Gasteiger partial charge in [-0.15, -0.1) is 11.3 Å². The lowest BCUT2D eigenvalue weighted by Gasteiger charge is -2.35. The van der Waals surface area contributed by atoms with Crippen molar-refractivity contribution in [3.8, 4) is 0 Å². The van der Waals surface area contributed by atoms with Gasteiger partial charge in [0.1, 0.15) is 0 Å². The Morgan fingerprint density at radius 2 is 2.39 bits per heavy atom. The highest BCUT2D eigenvalue weighted by Gasteiger charge is 2.31. The fourth-order valence-corrected chi connectivity index (χ4v) is 3.58. The Balaban J connectivity index is 1.51. The van der Waals surface area contributed by atoms with Crippen molar-refractivity contribution >= 4 is 16.5 Å².